The number of benzene rings is 1. The third kappa shape index (κ3) is 3.47. The largest absolute Gasteiger partial charge is 0.378 e. The highest BCUT2D eigenvalue weighted by Gasteiger charge is 2.32. The molecule has 1 saturated heterocycles. The maximum atomic E-state index is 12.5. The van der Waals surface area contributed by atoms with E-state index >= 15 is 0 Å². The summed E-state index contributed by atoms with van der Waals surface area (Å²) in [5.41, 5.74) is 1.34. The Morgan fingerprint density at radius 2 is 2.00 bits per heavy atom. The fourth-order valence-electron chi connectivity index (χ4n) is 3.60. The van der Waals surface area contributed by atoms with Crippen LogP contribution in [0.4, 0.5) is 5.69 Å². The lowest BCUT2D eigenvalue weighted by Crippen LogP contribution is -2.44. The minimum atomic E-state index is -0.400. The van der Waals surface area contributed by atoms with Crippen molar-refractivity contribution in [1.29, 1.82) is 5.26 Å². The number of pyridine rings is 1. The molecule has 1 aromatic heterocycles. The summed E-state index contributed by atoms with van der Waals surface area (Å²) in [5.74, 6) is -0.0837. The van der Waals surface area contributed by atoms with E-state index in [-0.39, 0.29) is 22.9 Å². The monoisotopic (exact) mass is 367 g/mol. The van der Waals surface area contributed by atoms with E-state index < -0.39 is 5.56 Å². The number of methoxy groups -OCH3 is 1. The Morgan fingerprint density at radius 1 is 1.33 bits per heavy atom. The van der Waals surface area contributed by atoms with E-state index in [1.807, 2.05) is 13.8 Å². The van der Waals surface area contributed by atoms with E-state index in [2.05, 4.69) is 22.9 Å². The number of rotatable bonds is 4. The van der Waals surface area contributed by atoms with Crippen molar-refractivity contribution in [2.24, 2.45) is 5.92 Å². The van der Waals surface area contributed by atoms with Crippen molar-refractivity contribution in [3.05, 3.63) is 39.7 Å². The molecule has 0 bridgehead atoms. The Balaban J connectivity index is 2.17. The average molecular weight is 367 g/mol. The second-order valence-corrected chi connectivity index (χ2v) is 7.71. The zero-order valence-corrected chi connectivity index (χ0v) is 16.3. The Hall–Kier alpha value is -2.65. The van der Waals surface area contributed by atoms with Crippen molar-refractivity contribution in [3.8, 4) is 6.07 Å². The number of hydrogen-bond donors (Lipinski definition) is 1. The van der Waals surface area contributed by atoms with Crippen molar-refractivity contribution in [2.75, 3.05) is 25.1 Å². The topological polar surface area (TPSA) is 86.2 Å². The summed E-state index contributed by atoms with van der Waals surface area (Å²) < 4.78 is 5.60. The number of aromatic amines is 1. The smallest absolute Gasteiger partial charge is 0.268 e. The molecule has 2 aromatic rings. The first-order chi connectivity index (χ1) is 12.8. The number of carbonyl (C=O) groups excluding carboxylic acids is 1. The number of nitrogens with zero attached hydrogens (tertiary/aromatic N) is 2. The summed E-state index contributed by atoms with van der Waals surface area (Å²) in [7, 11) is 1.71. The van der Waals surface area contributed by atoms with Crippen molar-refractivity contribution >= 4 is 22.4 Å². The van der Waals surface area contributed by atoms with E-state index in [1.54, 1.807) is 25.3 Å². The molecule has 27 heavy (non-hydrogen) atoms. The number of anilines is 1. The van der Waals surface area contributed by atoms with Gasteiger partial charge in [0.05, 0.1) is 16.8 Å². The van der Waals surface area contributed by atoms with Gasteiger partial charge in [-0.05, 0) is 38.0 Å². The number of ether oxygens (including phenoxy) is 1. The van der Waals surface area contributed by atoms with Crippen LogP contribution in [0.15, 0.2) is 23.0 Å². The minimum absolute atomic E-state index is 0.0400. The van der Waals surface area contributed by atoms with Crippen LogP contribution in [-0.2, 0) is 4.74 Å². The van der Waals surface area contributed by atoms with Gasteiger partial charge < -0.3 is 14.6 Å². The highest BCUT2D eigenvalue weighted by atomic mass is 16.5. The molecule has 0 spiro atoms. The molecule has 0 radical (unpaired) electrons. The van der Waals surface area contributed by atoms with Crippen LogP contribution in [0.25, 0.3) is 10.9 Å². The predicted molar refractivity (Wildman–Crippen MR) is 105 cm³/mol. The number of ketones is 1. The molecule has 0 aliphatic carbocycles. The predicted octanol–water partition coefficient (Wildman–Crippen LogP) is 3.24. The summed E-state index contributed by atoms with van der Waals surface area (Å²) >= 11 is 0. The number of Topliss-reactive ketones (excluding diaryl/α,β-unsaturated/α-hetero) is 1. The van der Waals surface area contributed by atoms with E-state index in [4.69, 9.17) is 4.74 Å². The maximum absolute atomic E-state index is 12.5. The van der Waals surface area contributed by atoms with Gasteiger partial charge in [0.15, 0.2) is 5.78 Å². The first kappa shape index (κ1) is 19.1. The zero-order chi connectivity index (χ0) is 19.8. The molecule has 0 amide bonds. The highest BCUT2D eigenvalue weighted by Crippen LogP contribution is 2.34. The maximum Gasteiger partial charge on any atom is 0.268 e. The lowest BCUT2D eigenvalue weighted by molar-refractivity contribution is -0.0132. The van der Waals surface area contributed by atoms with Gasteiger partial charge in [0.1, 0.15) is 11.6 Å². The number of fused-ring (bicyclic) bond motifs is 1. The third-order valence-electron chi connectivity index (χ3n) is 5.54. The molecule has 6 heteroatoms. The number of nitrogens with one attached hydrogen (secondary N) is 1. The molecule has 0 unspecified atom stereocenters. The summed E-state index contributed by atoms with van der Waals surface area (Å²) in [6.45, 7) is 7.15. The molecule has 3 rings (SSSR count). The minimum Gasteiger partial charge on any atom is -0.378 e. The van der Waals surface area contributed by atoms with Crippen LogP contribution >= 0.6 is 0 Å². The van der Waals surface area contributed by atoms with Crippen LogP contribution in [0.1, 0.15) is 49.5 Å². The van der Waals surface area contributed by atoms with Crippen LogP contribution in [0, 0.1) is 17.2 Å². The standard InChI is InChI=1S/C21H25N3O3/c1-13(2)19(25)14-5-6-17-15(11-14)18(16(12-22)20(26)23-17)24-9-7-21(3,27-4)8-10-24/h5-6,11,13H,7-10H2,1-4H3,(H,23,26). The fraction of sp³-hybridized carbons (Fsp3) is 0.476. The van der Waals surface area contributed by atoms with Gasteiger partial charge in [-0.1, -0.05) is 13.8 Å². The summed E-state index contributed by atoms with van der Waals surface area (Å²) in [5, 5.41) is 10.4. The van der Waals surface area contributed by atoms with E-state index in [9.17, 15) is 14.9 Å². The van der Waals surface area contributed by atoms with Crippen LogP contribution in [0.2, 0.25) is 0 Å². The van der Waals surface area contributed by atoms with Crippen LogP contribution < -0.4 is 10.5 Å². The SMILES string of the molecule is COC1(C)CCN(c2c(C#N)c(=O)[nH]c3ccc(C(=O)C(C)C)cc23)CC1. The molecule has 6 nitrogen and oxygen atoms in total. The molecule has 0 atom stereocenters. The van der Waals surface area contributed by atoms with Gasteiger partial charge in [-0.15, -0.1) is 0 Å². The molecule has 2 heterocycles. The van der Waals surface area contributed by atoms with Crippen LogP contribution in [0.3, 0.4) is 0 Å². The lowest BCUT2D eigenvalue weighted by Gasteiger charge is -2.40. The lowest BCUT2D eigenvalue weighted by atomic mass is 9.92. The number of carbonyl (C=O) groups is 1. The molecule has 1 aliphatic heterocycles. The molecule has 0 saturated carbocycles. The van der Waals surface area contributed by atoms with Crippen molar-refractivity contribution in [2.45, 2.75) is 39.2 Å². The quantitative estimate of drug-likeness (QED) is 0.839. The molecular formula is C21H25N3O3. The second-order valence-electron chi connectivity index (χ2n) is 7.71. The molecule has 1 aliphatic rings. The number of hydrogen-bond acceptors (Lipinski definition) is 5. The van der Waals surface area contributed by atoms with Crippen molar-refractivity contribution in [3.63, 3.8) is 0 Å². The summed E-state index contributed by atoms with van der Waals surface area (Å²) in [6, 6.07) is 7.34. The van der Waals surface area contributed by atoms with E-state index in [0.717, 1.165) is 18.2 Å². The first-order valence-electron chi connectivity index (χ1n) is 9.24. The first-order valence-corrected chi connectivity index (χ1v) is 9.24. The molecular weight excluding hydrogens is 342 g/mol. The number of aromatic nitrogens is 1. The van der Waals surface area contributed by atoms with Gasteiger partial charge in [0, 0.05) is 37.1 Å². The van der Waals surface area contributed by atoms with Gasteiger partial charge >= 0.3 is 0 Å². The van der Waals surface area contributed by atoms with Crippen LogP contribution in [0.5, 0.6) is 0 Å². The number of H-pyrrole nitrogens is 1. The fourth-order valence-corrected chi connectivity index (χ4v) is 3.60. The Labute approximate surface area is 158 Å². The van der Waals surface area contributed by atoms with E-state index in [0.29, 0.717) is 29.9 Å². The molecule has 1 fully saturated rings. The Kier molecular flexibility index (Phi) is 5.07. The normalized spacial score (nSPS) is 16.5. The second kappa shape index (κ2) is 7.16. The van der Waals surface area contributed by atoms with Crippen molar-refractivity contribution < 1.29 is 9.53 Å². The van der Waals surface area contributed by atoms with Crippen LogP contribution in [-0.4, -0.2) is 36.6 Å². The average Bonchev–Trinajstić information content (AvgIpc) is 2.66. The number of nitriles is 1. The zero-order valence-electron chi connectivity index (χ0n) is 16.3. The third-order valence-corrected chi connectivity index (χ3v) is 5.54. The van der Waals surface area contributed by atoms with Crippen molar-refractivity contribution in [1.82, 2.24) is 4.98 Å². The van der Waals surface area contributed by atoms with Gasteiger partial charge in [-0.25, -0.2) is 0 Å². The van der Waals surface area contributed by atoms with Gasteiger partial charge in [-0.2, -0.15) is 5.26 Å². The number of piperidine rings is 1. The molecule has 1 N–H and O–H groups in total. The Bertz CT molecular complexity index is 977. The van der Waals surface area contributed by atoms with Gasteiger partial charge in [-0.3, -0.25) is 9.59 Å². The summed E-state index contributed by atoms with van der Waals surface area (Å²) in [4.78, 5) is 29.7. The Morgan fingerprint density at radius 3 is 2.56 bits per heavy atom. The van der Waals surface area contributed by atoms with Gasteiger partial charge in [0.25, 0.3) is 5.56 Å². The van der Waals surface area contributed by atoms with E-state index in [1.165, 1.54) is 0 Å². The summed E-state index contributed by atoms with van der Waals surface area (Å²) in [6.07, 6.45) is 1.60. The molecule has 1 aromatic carbocycles. The highest BCUT2D eigenvalue weighted by molar-refractivity contribution is 6.03. The molecule has 142 valence electrons. The van der Waals surface area contributed by atoms with Gasteiger partial charge in [0.2, 0.25) is 0 Å².